The molecule has 1 aliphatic heterocycles. The molecule has 0 spiro atoms. The van der Waals surface area contributed by atoms with Crippen LogP contribution < -0.4 is 5.32 Å². The predicted molar refractivity (Wildman–Crippen MR) is 47.6 cm³/mol. The molecule has 0 atom stereocenters. The zero-order valence-corrected chi connectivity index (χ0v) is 7.93. The van der Waals surface area contributed by atoms with Crippen molar-refractivity contribution in [1.82, 2.24) is 10.2 Å². The Morgan fingerprint density at radius 1 is 1.29 bits per heavy atom. The summed E-state index contributed by atoms with van der Waals surface area (Å²) in [5, 5.41) is 8.36. The van der Waals surface area contributed by atoms with E-state index in [1.807, 2.05) is 0 Å². The van der Waals surface area contributed by atoms with Gasteiger partial charge in [-0.15, -0.1) is 12.4 Å². The van der Waals surface area contributed by atoms with Crippen LogP contribution in [0.5, 0.6) is 0 Å². The van der Waals surface area contributed by atoms with E-state index in [2.05, 4.69) is 15.5 Å². The lowest BCUT2D eigenvalue weighted by Gasteiger charge is -2.14. The zero-order valence-electron chi connectivity index (χ0n) is 7.11. The van der Waals surface area contributed by atoms with E-state index in [0.717, 1.165) is 6.42 Å². The van der Waals surface area contributed by atoms with Crippen LogP contribution in [0.3, 0.4) is 0 Å². The summed E-state index contributed by atoms with van der Waals surface area (Å²) in [6.07, 6.45) is -2.90. The largest absolute Gasteiger partial charge is 0.437 e. The molecule has 0 radical (unpaired) electrons. The highest BCUT2D eigenvalue weighted by Crippen LogP contribution is 2.36. The third-order valence-corrected chi connectivity index (χ3v) is 2.02. The topological polar surface area (TPSA) is 40.7 Å². The predicted octanol–water partition coefficient (Wildman–Crippen LogP) is 2.21. The third kappa shape index (κ3) is 1.79. The Morgan fingerprint density at radius 2 is 2.00 bits per heavy atom. The second kappa shape index (κ2) is 3.68. The highest BCUT2D eigenvalue weighted by Gasteiger charge is 2.38. The minimum Gasteiger partial charge on any atom is -0.382 e. The Labute approximate surface area is 84.5 Å². The number of rotatable bonds is 0. The van der Waals surface area contributed by atoms with Crippen LogP contribution in [0.15, 0.2) is 0 Å². The molecule has 2 heterocycles. The smallest absolute Gasteiger partial charge is 0.382 e. The van der Waals surface area contributed by atoms with Crippen molar-refractivity contribution in [3.8, 4) is 0 Å². The molecule has 3 nitrogen and oxygen atoms in total. The number of aromatic nitrogens is 2. The summed E-state index contributed by atoms with van der Waals surface area (Å²) in [6, 6.07) is 0. The first kappa shape index (κ1) is 11.2. The van der Waals surface area contributed by atoms with Crippen molar-refractivity contribution in [2.75, 3.05) is 11.9 Å². The van der Waals surface area contributed by atoms with Crippen molar-refractivity contribution in [3.63, 3.8) is 0 Å². The van der Waals surface area contributed by atoms with Crippen LogP contribution in [-0.4, -0.2) is 16.7 Å². The van der Waals surface area contributed by atoms with Crippen LogP contribution in [-0.2, 0) is 12.6 Å². The number of nitrogens with one attached hydrogen (secondary N) is 2. The van der Waals surface area contributed by atoms with Crippen LogP contribution in [0.4, 0.5) is 18.9 Å². The molecule has 0 saturated carbocycles. The van der Waals surface area contributed by atoms with Crippen molar-refractivity contribution in [1.29, 1.82) is 0 Å². The van der Waals surface area contributed by atoms with Gasteiger partial charge in [0.25, 0.3) is 0 Å². The van der Waals surface area contributed by atoms with Gasteiger partial charge in [-0.25, -0.2) is 0 Å². The van der Waals surface area contributed by atoms with Gasteiger partial charge in [0.2, 0.25) is 0 Å². The van der Waals surface area contributed by atoms with Crippen molar-refractivity contribution >= 4 is 18.1 Å². The van der Waals surface area contributed by atoms with Crippen LogP contribution in [0.1, 0.15) is 17.8 Å². The molecule has 7 heteroatoms. The maximum absolute atomic E-state index is 12.3. The average molecular weight is 228 g/mol. The standard InChI is InChI=1S/C7H8F3N3.ClH/c8-7(9,10)6-5-4(12-13-6)2-1-3-11-5;/h11H,1-3H2,(H,12,13);1H. The molecule has 0 unspecified atom stereocenters. The normalized spacial score (nSPS) is 15.4. The second-order valence-electron chi connectivity index (χ2n) is 2.95. The van der Waals surface area contributed by atoms with Gasteiger partial charge in [0.1, 0.15) is 0 Å². The van der Waals surface area contributed by atoms with Gasteiger partial charge < -0.3 is 5.32 Å². The van der Waals surface area contributed by atoms with Gasteiger partial charge in [0, 0.05) is 6.54 Å². The van der Waals surface area contributed by atoms with E-state index in [1.165, 1.54) is 0 Å². The Hall–Kier alpha value is -0.910. The van der Waals surface area contributed by atoms with Gasteiger partial charge in [0.15, 0.2) is 5.69 Å². The Morgan fingerprint density at radius 3 is 2.64 bits per heavy atom. The van der Waals surface area contributed by atoms with E-state index in [9.17, 15) is 13.2 Å². The molecule has 1 aromatic rings. The van der Waals surface area contributed by atoms with E-state index in [4.69, 9.17) is 0 Å². The molecule has 2 rings (SSSR count). The molecule has 0 bridgehead atoms. The summed E-state index contributed by atoms with van der Waals surface area (Å²) in [7, 11) is 0. The lowest BCUT2D eigenvalue weighted by atomic mass is 10.1. The first-order valence-corrected chi connectivity index (χ1v) is 3.97. The van der Waals surface area contributed by atoms with Gasteiger partial charge in [-0.1, -0.05) is 0 Å². The van der Waals surface area contributed by atoms with E-state index in [1.54, 1.807) is 0 Å². The van der Waals surface area contributed by atoms with Crippen molar-refractivity contribution in [2.24, 2.45) is 0 Å². The molecule has 1 aliphatic rings. The SMILES string of the molecule is Cl.FC(F)(F)c1n[nH]c2c1NCCC2. The number of aromatic amines is 1. The number of nitrogens with zero attached hydrogens (tertiary/aromatic N) is 1. The highest BCUT2D eigenvalue weighted by atomic mass is 35.5. The summed E-state index contributed by atoms with van der Waals surface area (Å²) >= 11 is 0. The van der Waals surface area contributed by atoms with Crippen molar-refractivity contribution in [3.05, 3.63) is 11.4 Å². The number of anilines is 1. The van der Waals surface area contributed by atoms with Gasteiger partial charge in [-0.05, 0) is 12.8 Å². The molecule has 0 aromatic carbocycles. The molecular weight excluding hydrogens is 219 g/mol. The van der Waals surface area contributed by atoms with Crippen LogP contribution in [0.2, 0.25) is 0 Å². The summed E-state index contributed by atoms with van der Waals surface area (Å²) in [5.74, 6) is 0. The van der Waals surface area contributed by atoms with E-state index in [0.29, 0.717) is 18.7 Å². The maximum Gasteiger partial charge on any atom is 0.437 e. The van der Waals surface area contributed by atoms with E-state index < -0.39 is 11.9 Å². The van der Waals surface area contributed by atoms with Crippen molar-refractivity contribution in [2.45, 2.75) is 19.0 Å². The lowest BCUT2D eigenvalue weighted by Crippen LogP contribution is -2.15. The fourth-order valence-corrected chi connectivity index (χ4v) is 1.43. The number of hydrogen-bond donors (Lipinski definition) is 2. The summed E-state index contributed by atoms with van der Waals surface area (Å²) in [6.45, 7) is 0.579. The second-order valence-corrected chi connectivity index (χ2v) is 2.95. The molecule has 0 aliphatic carbocycles. The molecule has 0 fully saturated rings. The summed E-state index contributed by atoms with van der Waals surface area (Å²) in [4.78, 5) is 0. The fraction of sp³-hybridized carbons (Fsp3) is 0.571. The first-order chi connectivity index (χ1) is 6.09. The Bertz CT molecular complexity index is 320. The van der Waals surface area contributed by atoms with Gasteiger partial charge >= 0.3 is 6.18 Å². The number of hydrogen-bond acceptors (Lipinski definition) is 2. The molecule has 2 N–H and O–H groups in total. The summed E-state index contributed by atoms with van der Waals surface area (Å²) in [5.41, 5.74) is -0.153. The first-order valence-electron chi connectivity index (χ1n) is 3.97. The third-order valence-electron chi connectivity index (χ3n) is 2.02. The molecule has 14 heavy (non-hydrogen) atoms. The quantitative estimate of drug-likeness (QED) is 0.714. The van der Waals surface area contributed by atoms with Crippen LogP contribution >= 0.6 is 12.4 Å². The number of fused-ring (bicyclic) bond motifs is 1. The molecule has 1 aromatic heterocycles. The number of halogens is 4. The van der Waals surface area contributed by atoms with Crippen molar-refractivity contribution < 1.29 is 13.2 Å². The Balaban J connectivity index is 0.000000980. The number of H-pyrrole nitrogens is 1. The average Bonchev–Trinajstić information content (AvgIpc) is 2.45. The molecule has 0 amide bonds. The lowest BCUT2D eigenvalue weighted by molar-refractivity contribution is -0.140. The maximum atomic E-state index is 12.3. The van der Waals surface area contributed by atoms with Gasteiger partial charge in [-0.2, -0.15) is 18.3 Å². The number of alkyl halides is 3. The molecular formula is C7H9ClF3N3. The molecule has 80 valence electrons. The Kier molecular flexibility index (Phi) is 2.94. The fourth-order valence-electron chi connectivity index (χ4n) is 1.43. The molecule has 0 saturated heterocycles. The van der Waals surface area contributed by atoms with Gasteiger partial charge in [0.05, 0.1) is 11.4 Å². The minimum absolute atomic E-state index is 0. The number of aryl methyl sites for hydroxylation is 1. The van der Waals surface area contributed by atoms with E-state index >= 15 is 0 Å². The van der Waals surface area contributed by atoms with Crippen LogP contribution in [0.25, 0.3) is 0 Å². The highest BCUT2D eigenvalue weighted by molar-refractivity contribution is 5.85. The van der Waals surface area contributed by atoms with Crippen LogP contribution in [0, 0.1) is 0 Å². The zero-order chi connectivity index (χ0) is 9.47. The van der Waals surface area contributed by atoms with E-state index in [-0.39, 0.29) is 18.1 Å². The monoisotopic (exact) mass is 227 g/mol. The summed E-state index contributed by atoms with van der Waals surface area (Å²) < 4.78 is 36.9. The minimum atomic E-state index is -4.37. The van der Waals surface area contributed by atoms with Gasteiger partial charge in [-0.3, -0.25) is 5.10 Å².